The van der Waals surface area contributed by atoms with Crippen LogP contribution in [-0.2, 0) is 16.0 Å². The molecule has 116 valence electrons. The van der Waals surface area contributed by atoms with Gasteiger partial charge in [-0.1, -0.05) is 30.3 Å². The lowest BCUT2D eigenvalue weighted by Crippen LogP contribution is -2.37. The van der Waals surface area contributed by atoms with Gasteiger partial charge in [-0.05, 0) is 64.2 Å². The number of carbonyl (C=O) groups excluding carboxylic acids is 1. The van der Waals surface area contributed by atoms with Gasteiger partial charge in [-0.2, -0.15) is 0 Å². The lowest BCUT2D eigenvalue weighted by molar-refractivity contribution is -0.149. The Morgan fingerprint density at radius 2 is 1.90 bits per heavy atom. The molecule has 0 aromatic heterocycles. The fourth-order valence-electron chi connectivity index (χ4n) is 2.96. The maximum atomic E-state index is 11.7. The topological polar surface area (TPSA) is 29.5 Å². The van der Waals surface area contributed by atoms with E-state index < -0.39 is 0 Å². The molecular formula is C18H27NO2. The quantitative estimate of drug-likeness (QED) is 0.570. The number of hydrogen-bond acceptors (Lipinski definition) is 3. The highest BCUT2D eigenvalue weighted by Gasteiger charge is 2.25. The van der Waals surface area contributed by atoms with Crippen LogP contribution in [0.2, 0.25) is 0 Å². The fraction of sp³-hybridized carbons (Fsp3) is 0.611. The molecule has 3 heteroatoms. The molecule has 0 bridgehead atoms. The first kappa shape index (κ1) is 16.0. The maximum absolute atomic E-state index is 11.7. The number of hydrogen-bond donors (Lipinski definition) is 0. The Labute approximate surface area is 128 Å². The Hall–Kier alpha value is -1.35. The van der Waals surface area contributed by atoms with Crippen molar-refractivity contribution in [3.05, 3.63) is 35.9 Å². The van der Waals surface area contributed by atoms with Crippen LogP contribution in [0.3, 0.4) is 0 Å². The van der Waals surface area contributed by atoms with Gasteiger partial charge in [0.2, 0.25) is 0 Å². The van der Waals surface area contributed by atoms with Crippen LogP contribution >= 0.6 is 0 Å². The van der Waals surface area contributed by atoms with Crippen LogP contribution in [-0.4, -0.2) is 37.1 Å². The van der Waals surface area contributed by atoms with Gasteiger partial charge >= 0.3 is 5.97 Å². The van der Waals surface area contributed by atoms with Gasteiger partial charge < -0.3 is 9.64 Å². The van der Waals surface area contributed by atoms with Crippen LogP contribution in [0.25, 0.3) is 0 Å². The van der Waals surface area contributed by atoms with E-state index >= 15 is 0 Å². The third-order valence-electron chi connectivity index (χ3n) is 4.24. The highest BCUT2D eigenvalue weighted by atomic mass is 16.5. The molecule has 2 rings (SSSR count). The second kappa shape index (κ2) is 8.83. The summed E-state index contributed by atoms with van der Waals surface area (Å²) in [4.78, 5) is 14.2. The minimum absolute atomic E-state index is 0.00114. The number of esters is 1. The van der Waals surface area contributed by atoms with Crippen LogP contribution < -0.4 is 0 Å². The van der Waals surface area contributed by atoms with E-state index in [2.05, 4.69) is 35.2 Å². The van der Waals surface area contributed by atoms with Crippen LogP contribution in [0.5, 0.6) is 0 Å². The Kier molecular flexibility index (Phi) is 6.74. The first-order valence-corrected chi connectivity index (χ1v) is 8.22. The first-order chi connectivity index (χ1) is 10.3. The highest BCUT2D eigenvalue weighted by Crippen LogP contribution is 2.19. The molecule has 0 spiro atoms. The molecule has 1 aromatic rings. The van der Waals surface area contributed by atoms with Gasteiger partial charge in [0.25, 0.3) is 0 Å². The van der Waals surface area contributed by atoms with E-state index in [1.165, 1.54) is 24.8 Å². The molecular weight excluding hydrogens is 262 g/mol. The fourth-order valence-corrected chi connectivity index (χ4v) is 2.96. The second-order valence-corrected chi connectivity index (χ2v) is 5.81. The molecule has 21 heavy (non-hydrogen) atoms. The van der Waals surface area contributed by atoms with Gasteiger partial charge in [0.1, 0.15) is 0 Å². The van der Waals surface area contributed by atoms with Crippen molar-refractivity contribution in [3.8, 4) is 0 Å². The molecule has 0 aliphatic carbocycles. The summed E-state index contributed by atoms with van der Waals surface area (Å²) in [5, 5.41) is 0. The number of unbranched alkanes of at least 4 members (excludes halogenated alkanes) is 1. The summed E-state index contributed by atoms with van der Waals surface area (Å²) in [6, 6.07) is 10.7. The number of nitrogens with zero attached hydrogens (tertiary/aromatic N) is 1. The van der Waals surface area contributed by atoms with Gasteiger partial charge in [-0.15, -0.1) is 0 Å². The summed E-state index contributed by atoms with van der Waals surface area (Å²) in [6.45, 7) is 5.60. The average molecular weight is 289 g/mol. The van der Waals surface area contributed by atoms with E-state index in [0.717, 1.165) is 32.5 Å². The number of carbonyl (C=O) groups is 1. The van der Waals surface area contributed by atoms with Crippen LogP contribution in [0.4, 0.5) is 0 Å². The van der Waals surface area contributed by atoms with Crippen molar-refractivity contribution < 1.29 is 9.53 Å². The summed E-state index contributed by atoms with van der Waals surface area (Å²) < 4.78 is 5.11. The lowest BCUT2D eigenvalue weighted by atomic mass is 9.97. The maximum Gasteiger partial charge on any atom is 0.309 e. The van der Waals surface area contributed by atoms with E-state index in [-0.39, 0.29) is 11.9 Å². The molecule has 0 atom stereocenters. The predicted molar refractivity (Wildman–Crippen MR) is 85.2 cm³/mol. The summed E-state index contributed by atoms with van der Waals surface area (Å²) in [6.07, 6.45) is 5.55. The molecule has 0 saturated carbocycles. The summed E-state index contributed by atoms with van der Waals surface area (Å²) in [5.74, 6) is 0.131. The molecule has 1 fully saturated rings. The Balaban J connectivity index is 1.58. The standard InChI is InChI=1S/C18H27NO2/c1-2-21-18(20)17-11-14-19(15-12-17)13-7-6-10-16-8-4-3-5-9-16/h3-5,8-9,17H,2,6-7,10-15H2,1H3. The zero-order valence-corrected chi connectivity index (χ0v) is 13.1. The largest absolute Gasteiger partial charge is 0.466 e. The Bertz CT molecular complexity index is 410. The zero-order valence-electron chi connectivity index (χ0n) is 13.1. The molecule has 3 nitrogen and oxygen atoms in total. The number of rotatable bonds is 7. The Morgan fingerprint density at radius 3 is 2.57 bits per heavy atom. The number of likely N-dealkylation sites (tertiary alicyclic amines) is 1. The molecule has 1 heterocycles. The third kappa shape index (κ3) is 5.50. The summed E-state index contributed by atoms with van der Waals surface area (Å²) >= 11 is 0. The molecule has 1 aliphatic heterocycles. The van der Waals surface area contributed by atoms with Crippen molar-refractivity contribution >= 4 is 5.97 Å². The monoisotopic (exact) mass is 289 g/mol. The normalized spacial score (nSPS) is 16.8. The summed E-state index contributed by atoms with van der Waals surface area (Å²) in [7, 11) is 0. The van der Waals surface area contributed by atoms with E-state index in [0.29, 0.717) is 6.61 Å². The highest BCUT2D eigenvalue weighted by molar-refractivity contribution is 5.72. The number of ether oxygens (including phenoxy) is 1. The van der Waals surface area contributed by atoms with Gasteiger partial charge in [0, 0.05) is 0 Å². The van der Waals surface area contributed by atoms with Gasteiger partial charge in [-0.3, -0.25) is 4.79 Å². The van der Waals surface area contributed by atoms with Crippen molar-refractivity contribution in [2.45, 2.75) is 39.0 Å². The lowest BCUT2D eigenvalue weighted by Gasteiger charge is -2.30. The summed E-state index contributed by atoms with van der Waals surface area (Å²) in [5.41, 5.74) is 1.43. The van der Waals surface area contributed by atoms with E-state index in [9.17, 15) is 4.79 Å². The van der Waals surface area contributed by atoms with Crippen molar-refractivity contribution in [2.24, 2.45) is 5.92 Å². The average Bonchev–Trinajstić information content (AvgIpc) is 2.53. The number of piperidine rings is 1. The molecule has 1 aromatic carbocycles. The number of aryl methyl sites for hydroxylation is 1. The van der Waals surface area contributed by atoms with Gasteiger partial charge in [-0.25, -0.2) is 0 Å². The van der Waals surface area contributed by atoms with Crippen molar-refractivity contribution in [1.29, 1.82) is 0 Å². The van der Waals surface area contributed by atoms with Gasteiger partial charge in [0.05, 0.1) is 12.5 Å². The van der Waals surface area contributed by atoms with Crippen LogP contribution in [0.1, 0.15) is 38.2 Å². The van der Waals surface area contributed by atoms with E-state index in [1.807, 2.05) is 6.92 Å². The molecule has 0 amide bonds. The van der Waals surface area contributed by atoms with E-state index in [4.69, 9.17) is 4.74 Å². The zero-order chi connectivity index (χ0) is 14.9. The smallest absolute Gasteiger partial charge is 0.309 e. The first-order valence-electron chi connectivity index (χ1n) is 8.22. The Morgan fingerprint density at radius 1 is 1.19 bits per heavy atom. The molecule has 0 unspecified atom stereocenters. The third-order valence-corrected chi connectivity index (χ3v) is 4.24. The molecule has 0 N–H and O–H groups in total. The van der Waals surface area contributed by atoms with Gasteiger partial charge in [0.15, 0.2) is 0 Å². The number of benzene rings is 1. The van der Waals surface area contributed by atoms with Crippen molar-refractivity contribution in [3.63, 3.8) is 0 Å². The minimum Gasteiger partial charge on any atom is -0.466 e. The van der Waals surface area contributed by atoms with Crippen LogP contribution in [0.15, 0.2) is 30.3 Å². The van der Waals surface area contributed by atoms with Crippen molar-refractivity contribution in [1.82, 2.24) is 4.90 Å². The predicted octanol–water partition coefficient (Wildman–Crippen LogP) is 3.28. The van der Waals surface area contributed by atoms with E-state index in [1.54, 1.807) is 0 Å². The molecule has 1 saturated heterocycles. The van der Waals surface area contributed by atoms with Crippen LogP contribution in [0, 0.1) is 5.92 Å². The molecule has 1 aliphatic rings. The van der Waals surface area contributed by atoms with Crippen molar-refractivity contribution in [2.75, 3.05) is 26.2 Å². The second-order valence-electron chi connectivity index (χ2n) is 5.81. The minimum atomic E-state index is 0.00114. The molecule has 0 radical (unpaired) electrons. The SMILES string of the molecule is CCOC(=O)C1CCN(CCCCc2ccccc2)CC1.